The van der Waals surface area contributed by atoms with Crippen LogP contribution in [0.4, 0.5) is 0 Å². The van der Waals surface area contributed by atoms with Gasteiger partial charge in [0.1, 0.15) is 18.0 Å². The van der Waals surface area contributed by atoms with E-state index in [9.17, 15) is 9.59 Å². The van der Waals surface area contributed by atoms with Crippen LogP contribution in [0.15, 0.2) is 32.4 Å². The van der Waals surface area contributed by atoms with Crippen LogP contribution in [0.1, 0.15) is 18.0 Å². The average molecular weight is 318 g/mol. The Labute approximate surface area is 131 Å². The highest BCUT2D eigenvalue weighted by Gasteiger charge is 2.43. The number of aromatic nitrogens is 3. The van der Waals surface area contributed by atoms with Gasteiger partial charge in [0.25, 0.3) is 0 Å². The quantitative estimate of drug-likeness (QED) is 0.708. The first-order chi connectivity index (χ1) is 11.1. The Kier molecular flexibility index (Phi) is 3.24. The maximum Gasteiger partial charge on any atom is 0.332 e. The largest absolute Gasteiger partial charge is 0.468 e. The van der Waals surface area contributed by atoms with E-state index in [1.807, 2.05) is 12.1 Å². The topological polar surface area (TPSA) is 82.5 Å². The molecule has 23 heavy (non-hydrogen) atoms. The molecule has 0 bridgehead atoms. The summed E-state index contributed by atoms with van der Waals surface area (Å²) in [5.41, 5.74) is -1.56. The van der Waals surface area contributed by atoms with Gasteiger partial charge in [0.15, 0.2) is 5.82 Å². The second-order valence-electron chi connectivity index (χ2n) is 6.25. The van der Waals surface area contributed by atoms with Crippen molar-refractivity contribution >= 4 is 0 Å². The second kappa shape index (κ2) is 5.17. The fraction of sp³-hybridized carbons (Fsp3) is 0.533. The van der Waals surface area contributed by atoms with Gasteiger partial charge in [-0.1, -0.05) is 0 Å². The van der Waals surface area contributed by atoms with Crippen molar-refractivity contribution in [2.45, 2.75) is 31.7 Å². The van der Waals surface area contributed by atoms with E-state index in [-0.39, 0.29) is 6.61 Å². The molecule has 4 rings (SSSR count). The van der Waals surface area contributed by atoms with Gasteiger partial charge in [-0.25, -0.2) is 4.68 Å². The second-order valence-corrected chi connectivity index (χ2v) is 6.25. The summed E-state index contributed by atoms with van der Waals surface area (Å²) in [6.07, 6.45) is 2.48. The van der Waals surface area contributed by atoms with Gasteiger partial charge in [-0.2, -0.15) is 5.10 Å². The van der Waals surface area contributed by atoms with E-state index in [1.54, 1.807) is 6.26 Å². The highest BCUT2D eigenvalue weighted by molar-refractivity contribution is 5.03. The van der Waals surface area contributed by atoms with Crippen LogP contribution >= 0.6 is 0 Å². The summed E-state index contributed by atoms with van der Waals surface area (Å²) in [6.45, 7) is 2.91. The molecule has 2 aliphatic rings. The predicted octanol–water partition coefficient (Wildman–Crippen LogP) is -0.290. The van der Waals surface area contributed by atoms with Crippen molar-refractivity contribution in [3.8, 4) is 0 Å². The molecule has 1 fully saturated rings. The maximum atomic E-state index is 12.2. The molecule has 1 atom stereocenters. The molecular formula is C15H18N4O4. The zero-order valence-electron chi connectivity index (χ0n) is 12.9. The lowest BCUT2D eigenvalue weighted by Gasteiger charge is -2.35. The first-order valence-corrected chi connectivity index (χ1v) is 7.62. The molecule has 0 unspecified atom stereocenters. The Morgan fingerprint density at radius 2 is 2.17 bits per heavy atom. The van der Waals surface area contributed by atoms with Crippen LogP contribution in [-0.4, -0.2) is 37.9 Å². The summed E-state index contributed by atoms with van der Waals surface area (Å²) >= 11 is 0. The first-order valence-electron chi connectivity index (χ1n) is 7.62. The third-order valence-corrected chi connectivity index (χ3v) is 4.61. The molecule has 8 heteroatoms. The molecule has 8 nitrogen and oxygen atoms in total. The molecule has 0 saturated carbocycles. The molecule has 2 aliphatic heterocycles. The SMILES string of the molecule is Cn1nc2n(c(=O)c1=O)C[C@@]1(CCN(Cc3ccco3)C1)OC2. The van der Waals surface area contributed by atoms with Crippen molar-refractivity contribution in [1.82, 2.24) is 19.2 Å². The van der Waals surface area contributed by atoms with Crippen LogP contribution < -0.4 is 11.1 Å². The highest BCUT2D eigenvalue weighted by Crippen LogP contribution is 2.31. The number of aryl methyl sites for hydroxylation is 1. The molecular weight excluding hydrogens is 300 g/mol. The van der Waals surface area contributed by atoms with Crippen LogP contribution in [-0.2, 0) is 31.5 Å². The molecule has 1 spiro atoms. The predicted molar refractivity (Wildman–Crippen MR) is 79.9 cm³/mol. The van der Waals surface area contributed by atoms with Crippen LogP contribution in [0.25, 0.3) is 0 Å². The van der Waals surface area contributed by atoms with Gasteiger partial charge in [0.05, 0.1) is 19.4 Å². The van der Waals surface area contributed by atoms with E-state index < -0.39 is 16.7 Å². The van der Waals surface area contributed by atoms with Gasteiger partial charge < -0.3 is 9.15 Å². The minimum Gasteiger partial charge on any atom is -0.468 e. The maximum absolute atomic E-state index is 12.2. The van der Waals surface area contributed by atoms with E-state index in [2.05, 4.69) is 10.00 Å². The van der Waals surface area contributed by atoms with Gasteiger partial charge in [0.2, 0.25) is 0 Å². The van der Waals surface area contributed by atoms with Gasteiger partial charge in [0, 0.05) is 20.1 Å². The number of nitrogens with zero attached hydrogens (tertiary/aromatic N) is 4. The van der Waals surface area contributed by atoms with E-state index in [4.69, 9.17) is 9.15 Å². The summed E-state index contributed by atoms with van der Waals surface area (Å²) < 4.78 is 14.0. The smallest absolute Gasteiger partial charge is 0.332 e. The molecule has 1 saturated heterocycles. The highest BCUT2D eigenvalue weighted by atomic mass is 16.5. The number of hydrogen-bond acceptors (Lipinski definition) is 6. The monoisotopic (exact) mass is 318 g/mol. The number of fused-ring (bicyclic) bond motifs is 1. The van der Waals surface area contributed by atoms with Gasteiger partial charge in [-0.3, -0.25) is 19.1 Å². The van der Waals surface area contributed by atoms with E-state index >= 15 is 0 Å². The lowest BCUT2D eigenvalue weighted by molar-refractivity contribution is -0.0859. The van der Waals surface area contributed by atoms with Crippen molar-refractivity contribution in [3.05, 3.63) is 50.7 Å². The zero-order valence-corrected chi connectivity index (χ0v) is 12.9. The van der Waals surface area contributed by atoms with E-state index in [0.29, 0.717) is 25.5 Å². The minimum absolute atomic E-state index is 0.248. The number of rotatable bonds is 2. The third-order valence-electron chi connectivity index (χ3n) is 4.61. The van der Waals surface area contributed by atoms with Crippen molar-refractivity contribution in [2.75, 3.05) is 13.1 Å². The third kappa shape index (κ3) is 2.43. The Morgan fingerprint density at radius 3 is 2.96 bits per heavy atom. The van der Waals surface area contributed by atoms with Gasteiger partial charge in [-0.05, 0) is 18.6 Å². The van der Waals surface area contributed by atoms with Crippen molar-refractivity contribution in [3.63, 3.8) is 0 Å². The molecule has 0 amide bonds. The first kappa shape index (κ1) is 14.4. The number of hydrogen-bond donors (Lipinski definition) is 0. The van der Waals surface area contributed by atoms with Crippen LogP contribution in [0, 0.1) is 0 Å². The molecule has 122 valence electrons. The summed E-state index contributed by atoms with van der Waals surface area (Å²) in [5, 5.41) is 4.12. The summed E-state index contributed by atoms with van der Waals surface area (Å²) in [5.74, 6) is 1.41. The lowest BCUT2D eigenvalue weighted by atomic mass is 10.0. The Hall–Kier alpha value is -2.19. The van der Waals surface area contributed by atoms with Crippen molar-refractivity contribution < 1.29 is 9.15 Å². The molecule has 2 aromatic heterocycles. The van der Waals surface area contributed by atoms with Crippen LogP contribution in [0.3, 0.4) is 0 Å². The molecule has 0 aliphatic carbocycles. The fourth-order valence-electron chi connectivity index (χ4n) is 3.40. The number of furan rings is 1. The van der Waals surface area contributed by atoms with Gasteiger partial charge >= 0.3 is 11.1 Å². The van der Waals surface area contributed by atoms with E-state index in [0.717, 1.165) is 23.4 Å². The summed E-state index contributed by atoms with van der Waals surface area (Å²) in [4.78, 5) is 26.3. The standard InChI is InChI=1S/C15H18N4O4/c1-17-13(20)14(21)19-10-15(23-8-12(19)16-17)4-5-18(9-15)7-11-3-2-6-22-11/h2-3,6H,4-5,7-10H2,1H3/t15-/m0/s1. The van der Waals surface area contributed by atoms with Crippen LogP contribution in [0.5, 0.6) is 0 Å². The van der Waals surface area contributed by atoms with Crippen molar-refractivity contribution in [1.29, 1.82) is 0 Å². The van der Waals surface area contributed by atoms with E-state index in [1.165, 1.54) is 11.6 Å². The average Bonchev–Trinajstić information content (AvgIpc) is 3.18. The summed E-state index contributed by atoms with van der Waals surface area (Å²) in [7, 11) is 1.48. The Bertz CT molecular complexity index is 838. The zero-order chi connectivity index (χ0) is 16.0. The fourth-order valence-corrected chi connectivity index (χ4v) is 3.40. The Morgan fingerprint density at radius 1 is 1.30 bits per heavy atom. The molecule has 4 heterocycles. The van der Waals surface area contributed by atoms with Gasteiger partial charge in [-0.15, -0.1) is 0 Å². The summed E-state index contributed by atoms with van der Waals surface area (Å²) in [6, 6.07) is 3.82. The number of likely N-dealkylation sites (tertiary alicyclic amines) is 1. The van der Waals surface area contributed by atoms with Crippen LogP contribution in [0.2, 0.25) is 0 Å². The number of ether oxygens (including phenoxy) is 1. The molecule has 0 aromatic carbocycles. The minimum atomic E-state index is -0.601. The lowest BCUT2D eigenvalue weighted by Crippen LogP contribution is -2.52. The normalized spacial score (nSPS) is 24.2. The molecule has 0 radical (unpaired) electrons. The van der Waals surface area contributed by atoms with Crippen molar-refractivity contribution in [2.24, 2.45) is 7.05 Å². The molecule has 0 N–H and O–H groups in total. The molecule has 2 aromatic rings. The Balaban J connectivity index is 1.57.